The summed E-state index contributed by atoms with van der Waals surface area (Å²) in [5.41, 5.74) is 4.76. The highest BCUT2D eigenvalue weighted by atomic mass is 32.2. The van der Waals surface area contributed by atoms with Crippen molar-refractivity contribution in [3.63, 3.8) is 0 Å². The molecule has 104 valence electrons. The zero-order valence-electron chi connectivity index (χ0n) is 12.0. The zero-order valence-corrected chi connectivity index (χ0v) is 12.8. The number of likely N-dealkylation sites (N-methyl/N-ethyl adjacent to an activating group) is 1. The fourth-order valence-corrected chi connectivity index (χ4v) is 4.88. The smallest absolute Gasteiger partial charge is 0.0144 e. The Balaban J connectivity index is 1.70. The van der Waals surface area contributed by atoms with E-state index in [1.165, 1.54) is 43.6 Å². The molecule has 1 fully saturated rings. The molecule has 0 aromatic heterocycles. The van der Waals surface area contributed by atoms with E-state index in [-0.39, 0.29) is 0 Å². The summed E-state index contributed by atoms with van der Waals surface area (Å²) in [6.45, 7) is 3.33. The number of hydrogen-bond donors (Lipinski definition) is 1. The first-order chi connectivity index (χ1) is 9.36. The zero-order chi connectivity index (χ0) is 13.1. The molecule has 2 unspecified atom stereocenters. The standard InChI is InChI=1S/C17H25NS/c1-2-18-17(16-8-9-19-12-16)11-13-6-7-14-4-3-5-15(14)10-13/h6-7,10,16-18H,2-5,8-9,11-12H2,1H3. The first-order valence-corrected chi connectivity index (χ1v) is 8.94. The topological polar surface area (TPSA) is 12.0 Å². The van der Waals surface area contributed by atoms with Gasteiger partial charge >= 0.3 is 0 Å². The predicted octanol–water partition coefficient (Wildman–Crippen LogP) is 3.45. The third-order valence-electron chi connectivity index (χ3n) is 4.62. The second-order valence-electron chi connectivity index (χ2n) is 5.95. The summed E-state index contributed by atoms with van der Waals surface area (Å²) in [6.07, 6.45) is 6.56. The third-order valence-corrected chi connectivity index (χ3v) is 5.81. The molecule has 0 spiro atoms. The molecule has 1 aliphatic heterocycles. The lowest BCUT2D eigenvalue weighted by Gasteiger charge is -2.24. The molecule has 2 heteroatoms. The second-order valence-corrected chi connectivity index (χ2v) is 7.10. The Kier molecular flexibility index (Phi) is 4.49. The van der Waals surface area contributed by atoms with E-state index in [0.717, 1.165) is 12.5 Å². The summed E-state index contributed by atoms with van der Waals surface area (Å²) in [5, 5.41) is 3.73. The molecule has 1 aromatic carbocycles. The van der Waals surface area contributed by atoms with Gasteiger partial charge in [-0.2, -0.15) is 11.8 Å². The van der Waals surface area contributed by atoms with Crippen molar-refractivity contribution in [1.82, 2.24) is 5.32 Å². The Morgan fingerprint density at radius 1 is 1.32 bits per heavy atom. The van der Waals surface area contributed by atoms with Crippen LogP contribution >= 0.6 is 11.8 Å². The molecule has 0 radical (unpaired) electrons. The number of thioether (sulfide) groups is 1. The first-order valence-electron chi connectivity index (χ1n) is 7.78. The van der Waals surface area contributed by atoms with Crippen LogP contribution in [0.5, 0.6) is 0 Å². The number of aryl methyl sites for hydroxylation is 2. The van der Waals surface area contributed by atoms with E-state index >= 15 is 0 Å². The molecule has 0 bridgehead atoms. The molecule has 19 heavy (non-hydrogen) atoms. The minimum atomic E-state index is 0.680. The van der Waals surface area contributed by atoms with Crippen LogP contribution in [0.25, 0.3) is 0 Å². The molecule has 1 aliphatic carbocycles. The minimum Gasteiger partial charge on any atom is -0.314 e. The summed E-state index contributed by atoms with van der Waals surface area (Å²) in [7, 11) is 0. The highest BCUT2D eigenvalue weighted by Crippen LogP contribution is 2.29. The van der Waals surface area contributed by atoms with E-state index < -0.39 is 0 Å². The number of nitrogens with one attached hydrogen (secondary N) is 1. The van der Waals surface area contributed by atoms with Crippen LogP contribution in [0, 0.1) is 5.92 Å². The predicted molar refractivity (Wildman–Crippen MR) is 85.1 cm³/mol. The van der Waals surface area contributed by atoms with Gasteiger partial charge in [0.25, 0.3) is 0 Å². The molecule has 0 amide bonds. The van der Waals surface area contributed by atoms with Gasteiger partial charge in [0, 0.05) is 6.04 Å². The van der Waals surface area contributed by atoms with Crippen molar-refractivity contribution in [2.45, 2.75) is 45.1 Å². The number of fused-ring (bicyclic) bond motifs is 1. The van der Waals surface area contributed by atoms with Crippen LogP contribution in [-0.2, 0) is 19.3 Å². The van der Waals surface area contributed by atoms with Gasteiger partial charge in [0.15, 0.2) is 0 Å². The van der Waals surface area contributed by atoms with Crippen molar-refractivity contribution in [3.05, 3.63) is 34.9 Å². The van der Waals surface area contributed by atoms with Gasteiger partial charge in [0.2, 0.25) is 0 Å². The highest BCUT2D eigenvalue weighted by Gasteiger charge is 2.25. The maximum Gasteiger partial charge on any atom is 0.0144 e. The minimum absolute atomic E-state index is 0.680. The van der Waals surface area contributed by atoms with Gasteiger partial charge in [0.1, 0.15) is 0 Å². The van der Waals surface area contributed by atoms with Crippen molar-refractivity contribution in [3.8, 4) is 0 Å². The molecule has 1 nitrogen and oxygen atoms in total. The fraction of sp³-hybridized carbons (Fsp3) is 0.647. The second kappa shape index (κ2) is 6.32. The Hall–Kier alpha value is -0.470. The molecule has 1 saturated heterocycles. The molecule has 1 aromatic rings. The summed E-state index contributed by atoms with van der Waals surface area (Å²) < 4.78 is 0. The molecule has 1 heterocycles. The van der Waals surface area contributed by atoms with Crippen molar-refractivity contribution in [2.24, 2.45) is 5.92 Å². The Morgan fingerprint density at radius 2 is 2.21 bits per heavy atom. The maximum absolute atomic E-state index is 3.73. The average Bonchev–Trinajstić information content (AvgIpc) is 3.09. The van der Waals surface area contributed by atoms with Gasteiger partial charge in [-0.15, -0.1) is 0 Å². The normalized spacial score (nSPS) is 23.5. The van der Waals surface area contributed by atoms with Crippen LogP contribution in [0.3, 0.4) is 0 Å². The van der Waals surface area contributed by atoms with E-state index in [1.54, 1.807) is 16.7 Å². The van der Waals surface area contributed by atoms with Crippen LogP contribution in [0.2, 0.25) is 0 Å². The molecule has 0 saturated carbocycles. The molecule has 3 rings (SSSR count). The van der Waals surface area contributed by atoms with Crippen LogP contribution in [-0.4, -0.2) is 24.1 Å². The van der Waals surface area contributed by atoms with Gasteiger partial charge in [0.05, 0.1) is 0 Å². The van der Waals surface area contributed by atoms with Gasteiger partial charge in [-0.3, -0.25) is 0 Å². The summed E-state index contributed by atoms with van der Waals surface area (Å²) in [6, 6.07) is 7.91. The molecule has 2 atom stereocenters. The molecule has 1 N–H and O–H groups in total. The fourth-order valence-electron chi connectivity index (χ4n) is 3.54. The van der Waals surface area contributed by atoms with Crippen molar-refractivity contribution < 1.29 is 0 Å². The molecular formula is C17H25NS. The quantitative estimate of drug-likeness (QED) is 0.883. The number of benzene rings is 1. The Labute approximate surface area is 121 Å². The van der Waals surface area contributed by atoms with Gasteiger partial charge in [-0.25, -0.2) is 0 Å². The number of hydrogen-bond acceptors (Lipinski definition) is 2. The van der Waals surface area contributed by atoms with Crippen LogP contribution in [0.1, 0.15) is 36.5 Å². The van der Waals surface area contributed by atoms with Gasteiger partial charge in [-0.1, -0.05) is 25.1 Å². The van der Waals surface area contributed by atoms with Gasteiger partial charge in [-0.05, 0) is 72.8 Å². The van der Waals surface area contributed by atoms with E-state index in [1.807, 2.05) is 0 Å². The third kappa shape index (κ3) is 3.17. The van der Waals surface area contributed by atoms with Crippen molar-refractivity contribution >= 4 is 11.8 Å². The average molecular weight is 275 g/mol. The Morgan fingerprint density at radius 3 is 3.00 bits per heavy atom. The molecular weight excluding hydrogens is 250 g/mol. The lowest BCUT2D eigenvalue weighted by atomic mass is 9.92. The van der Waals surface area contributed by atoms with Crippen molar-refractivity contribution in [2.75, 3.05) is 18.1 Å². The first kappa shape index (κ1) is 13.5. The number of rotatable bonds is 5. The lowest BCUT2D eigenvalue weighted by molar-refractivity contribution is 0.387. The summed E-state index contributed by atoms with van der Waals surface area (Å²) in [4.78, 5) is 0. The monoisotopic (exact) mass is 275 g/mol. The van der Waals surface area contributed by atoms with E-state index in [2.05, 4.69) is 42.2 Å². The summed E-state index contributed by atoms with van der Waals surface area (Å²) in [5.74, 6) is 3.58. The van der Waals surface area contributed by atoms with E-state index in [4.69, 9.17) is 0 Å². The molecule has 2 aliphatic rings. The highest BCUT2D eigenvalue weighted by molar-refractivity contribution is 7.99. The lowest BCUT2D eigenvalue weighted by Crippen LogP contribution is -2.38. The summed E-state index contributed by atoms with van der Waals surface area (Å²) >= 11 is 2.13. The van der Waals surface area contributed by atoms with Gasteiger partial charge < -0.3 is 5.32 Å². The van der Waals surface area contributed by atoms with E-state index in [9.17, 15) is 0 Å². The van der Waals surface area contributed by atoms with E-state index in [0.29, 0.717) is 6.04 Å². The van der Waals surface area contributed by atoms with Crippen LogP contribution < -0.4 is 5.32 Å². The SMILES string of the molecule is CCNC(Cc1ccc2c(c1)CCC2)C1CCSC1. The van der Waals surface area contributed by atoms with Crippen molar-refractivity contribution in [1.29, 1.82) is 0 Å². The van der Waals surface area contributed by atoms with Crippen LogP contribution in [0.4, 0.5) is 0 Å². The Bertz CT molecular complexity index is 423. The van der Waals surface area contributed by atoms with Crippen LogP contribution in [0.15, 0.2) is 18.2 Å². The largest absolute Gasteiger partial charge is 0.314 e. The maximum atomic E-state index is 3.73.